The van der Waals surface area contributed by atoms with Crippen LogP contribution >= 0.6 is 11.6 Å². The molecule has 1 atom stereocenters. The van der Waals surface area contributed by atoms with Crippen molar-refractivity contribution in [2.45, 2.75) is 20.3 Å². The molecule has 134 valence electrons. The van der Waals surface area contributed by atoms with Crippen LogP contribution in [0.1, 0.15) is 25.8 Å². The zero-order chi connectivity index (χ0) is 18.5. The van der Waals surface area contributed by atoms with Gasteiger partial charge in [-0.25, -0.2) is 0 Å². The summed E-state index contributed by atoms with van der Waals surface area (Å²) in [6.07, 6.45) is 0.973. The maximum atomic E-state index is 12.5. The molecule has 0 N–H and O–H groups in total. The molecule has 0 fully saturated rings. The maximum Gasteiger partial charge on any atom is 0.144 e. The number of halogens is 1. The maximum absolute atomic E-state index is 12.5. The molecule has 0 aliphatic carbocycles. The molecule has 5 heteroatoms. The van der Waals surface area contributed by atoms with Gasteiger partial charge in [-0.05, 0) is 37.1 Å². The second kappa shape index (κ2) is 8.28. The number of hydrazone groups is 1. The molecule has 0 saturated heterocycles. The van der Waals surface area contributed by atoms with E-state index >= 15 is 0 Å². The smallest absolute Gasteiger partial charge is 0.144 e. The highest BCUT2D eigenvalue weighted by Gasteiger charge is 2.33. The Morgan fingerprint density at radius 2 is 2.00 bits per heavy atom. The lowest BCUT2D eigenvalue weighted by molar-refractivity contribution is -0.117. The van der Waals surface area contributed by atoms with Gasteiger partial charge in [-0.3, -0.25) is 14.8 Å². The minimum absolute atomic E-state index is 0.0459. The molecule has 2 aromatic carbocycles. The summed E-state index contributed by atoms with van der Waals surface area (Å²) in [5.41, 5.74) is 3.28. The Morgan fingerprint density at radius 3 is 2.65 bits per heavy atom. The molecule has 0 spiro atoms. The molecule has 0 bridgehead atoms. The number of ketones is 1. The lowest BCUT2D eigenvalue weighted by Gasteiger charge is -2.31. The van der Waals surface area contributed by atoms with Crippen LogP contribution < -0.4 is 0 Å². The molecule has 3 rings (SSSR count). The highest BCUT2D eigenvalue weighted by Crippen LogP contribution is 2.24. The van der Waals surface area contributed by atoms with E-state index in [0.29, 0.717) is 11.6 Å². The van der Waals surface area contributed by atoms with Crippen molar-refractivity contribution >= 4 is 34.5 Å². The van der Waals surface area contributed by atoms with Crippen molar-refractivity contribution < 1.29 is 4.79 Å². The normalized spacial score (nSPS) is 18.7. The number of rotatable bonds is 5. The zero-order valence-electron chi connectivity index (χ0n) is 15.0. The van der Waals surface area contributed by atoms with Gasteiger partial charge in [-0.15, -0.1) is 0 Å². The number of hydrogen-bond donors (Lipinski definition) is 0. The Morgan fingerprint density at radius 1 is 1.23 bits per heavy atom. The van der Waals surface area contributed by atoms with E-state index in [9.17, 15) is 4.79 Å². The molecule has 1 aliphatic rings. The SMILES string of the molecule is CCCN1CC(=Nc2cccc(Cl)c2)C(C(C)=O)C(c2ccccc2)=N1. The molecule has 0 radical (unpaired) electrons. The van der Waals surface area contributed by atoms with E-state index in [2.05, 4.69) is 6.92 Å². The molecular weight excluding hydrogens is 346 g/mol. The van der Waals surface area contributed by atoms with Crippen molar-refractivity contribution in [2.24, 2.45) is 16.0 Å². The van der Waals surface area contributed by atoms with Crippen molar-refractivity contribution in [1.29, 1.82) is 0 Å². The van der Waals surface area contributed by atoms with Crippen LogP contribution in [0, 0.1) is 5.92 Å². The number of aliphatic imine (C=N–C) groups is 1. The fraction of sp³-hybridized carbons (Fsp3) is 0.286. The minimum Gasteiger partial charge on any atom is -0.299 e. The monoisotopic (exact) mass is 367 g/mol. The Bertz CT molecular complexity index is 845. The first-order valence-electron chi connectivity index (χ1n) is 8.81. The molecule has 26 heavy (non-hydrogen) atoms. The van der Waals surface area contributed by atoms with Crippen LogP contribution in [0.5, 0.6) is 0 Å². The molecule has 1 aliphatic heterocycles. The van der Waals surface area contributed by atoms with Gasteiger partial charge < -0.3 is 0 Å². The van der Waals surface area contributed by atoms with Gasteiger partial charge in [0.15, 0.2) is 0 Å². The van der Waals surface area contributed by atoms with Crippen molar-refractivity contribution in [3.8, 4) is 0 Å². The Kier molecular flexibility index (Phi) is 5.84. The molecule has 1 unspecified atom stereocenters. The largest absolute Gasteiger partial charge is 0.299 e. The van der Waals surface area contributed by atoms with Crippen LogP contribution in [0.25, 0.3) is 0 Å². The molecule has 0 amide bonds. The van der Waals surface area contributed by atoms with Crippen molar-refractivity contribution in [2.75, 3.05) is 13.1 Å². The fourth-order valence-corrected chi connectivity index (χ4v) is 3.33. The van der Waals surface area contributed by atoms with Crippen molar-refractivity contribution in [1.82, 2.24) is 5.01 Å². The number of carbonyl (C=O) groups is 1. The summed E-state index contributed by atoms with van der Waals surface area (Å²) in [5, 5.41) is 7.40. The van der Waals surface area contributed by atoms with Gasteiger partial charge in [0.25, 0.3) is 0 Å². The minimum atomic E-state index is -0.440. The third-order valence-corrected chi connectivity index (χ3v) is 4.47. The number of carbonyl (C=O) groups excluding carboxylic acids is 1. The second-order valence-corrected chi connectivity index (χ2v) is 6.80. The lowest BCUT2D eigenvalue weighted by Crippen LogP contribution is -2.44. The Hall–Kier alpha value is -2.46. The van der Waals surface area contributed by atoms with E-state index in [4.69, 9.17) is 21.7 Å². The highest BCUT2D eigenvalue weighted by atomic mass is 35.5. The lowest BCUT2D eigenvalue weighted by atomic mass is 9.87. The van der Waals surface area contributed by atoms with E-state index < -0.39 is 5.92 Å². The van der Waals surface area contributed by atoms with Crippen LogP contribution in [0.15, 0.2) is 64.7 Å². The van der Waals surface area contributed by atoms with E-state index in [1.54, 1.807) is 6.92 Å². The number of hydrogen-bond acceptors (Lipinski definition) is 4. The summed E-state index contributed by atoms with van der Waals surface area (Å²) in [6.45, 7) is 5.07. The van der Waals surface area contributed by atoms with Gasteiger partial charge in [-0.2, -0.15) is 5.10 Å². The summed E-state index contributed by atoms with van der Waals surface area (Å²) in [7, 11) is 0. The number of nitrogens with zero attached hydrogens (tertiary/aromatic N) is 3. The van der Waals surface area contributed by atoms with E-state index in [1.165, 1.54) is 0 Å². The van der Waals surface area contributed by atoms with Crippen LogP contribution in [0.4, 0.5) is 5.69 Å². The quantitative estimate of drug-likeness (QED) is 0.765. The molecular formula is C21H22ClN3O. The summed E-state index contributed by atoms with van der Waals surface area (Å²) < 4.78 is 0. The van der Waals surface area contributed by atoms with Crippen molar-refractivity contribution in [3.05, 3.63) is 65.2 Å². The van der Waals surface area contributed by atoms with Gasteiger partial charge in [0.1, 0.15) is 11.7 Å². The van der Waals surface area contributed by atoms with Crippen LogP contribution in [-0.4, -0.2) is 35.3 Å². The predicted molar refractivity (Wildman–Crippen MR) is 108 cm³/mol. The first kappa shape index (κ1) is 18.3. The van der Waals surface area contributed by atoms with Gasteiger partial charge in [-0.1, -0.05) is 54.9 Å². The molecule has 0 aromatic heterocycles. The molecule has 1 heterocycles. The van der Waals surface area contributed by atoms with Crippen LogP contribution in [0.2, 0.25) is 5.02 Å². The third kappa shape index (κ3) is 4.20. The topological polar surface area (TPSA) is 45.0 Å². The second-order valence-electron chi connectivity index (χ2n) is 6.37. The van der Waals surface area contributed by atoms with E-state index in [1.807, 2.05) is 59.6 Å². The van der Waals surface area contributed by atoms with Gasteiger partial charge in [0.05, 0.1) is 23.7 Å². The van der Waals surface area contributed by atoms with Crippen molar-refractivity contribution in [3.63, 3.8) is 0 Å². The van der Waals surface area contributed by atoms with Gasteiger partial charge in [0, 0.05) is 11.6 Å². The fourth-order valence-electron chi connectivity index (χ4n) is 3.14. The number of Topliss-reactive ketones (excluding diaryl/α,β-unsaturated/α-hetero) is 1. The summed E-state index contributed by atoms with van der Waals surface area (Å²) >= 11 is 6.09. The molecule has 2 aromatic rings. The van der Waals surface area contributed by atoms with E-state index in [-0.39, 0.29) is 5.78 Å². The number of benzene rings is 2. The van der Waals surface area contributed by atoms with Crippen LogP contribution in [-0.2, 0) is 4.79 Å². The molecule has 0 saturated carbocycles. The average Bonchev–Trinajstić information content (AvgIpc) is 2.62. The summed E-state index contributed by atoms with van der Waals surface area (Å²) in [4.78, 5) is 17.3. The van der Waals surface area contributed by atoms with E-state index in [0.717, 1.165) is 35.6 Å². The Labute approximate surface area is 159 Å². The summed E-state index contributed by atoms with van der Waals surface area (Å²) in [6, 6.07) is 17.2. The molecule has 4 nitrogen and oxygen atoms in total. The average molecular weight is 368 g/mol. The van der Waals surface area contributed by atoms with Gasteiger partial charge in [0.2, 0.25) is 0 Å². The first-order chi connectivity index (χ1) is 12.6. The Balaban J connectivity index is 2.09. The highest BCUT2D eigenvalue weighted by molar-refractivity contribution is 6.31. The van der Waals surface area contributed by atoms with Crippen LogP contribution in [0.3, 0.4) is 0 Å². The first-order valence-corrected chi connectivity index (χ1v) is 9.18. The standard InChI is InChI=1S/C21H22ClN3O/c1-3-12-25-14-19(23-18-11-7-10-17(22)13-18)20(15(2)26)21(24-25)16-8-5-4-6-9-16/h4-11,13,20H,3,12,14H2,1-2H3. The zero-order valence-corrected chi connectivity index (χ0v) is 15.8. The third-order valence-electron chi connectivity index (χ3n) is 4.24. The predicted octanol–water partition coefficient (Wildman–Crippen LogP) is 4.75. The van der Waals surface area contributed by atoms with Gasteiger partial charge >= 0.3 is 0 Å². The summed E-state index contributed by atoms with van der Waals surface area (Å²) in [5.74, 6) is -0.394.